The fourth-order valence-electron chi connectivity index (χ4n) is 3.31. The molecule has 172 valence electrons. The third kappa shape index (κ3) is 5.74. The molecule has 2 heterocycles. The second-order valence-corrected chi connectivity index (χ2v) is 9.06. The van der Waals surface area contributed by atoms with Gasteiger partial charge < -0.3 is 19.5 Å². The summed E-state index contributed by atoms with van der Waals surface area (Å²) < 4.78 is 42.1. The van der Waals surface area contributed by atoms with Gasteiger partial charge in [-0.25, -0.2) is 8.42 Å². The first-order valence-corrected chi connectivity index (χ1v) is 11.4. The van der Waals surface area contributed by atoms with Crippen molar-refractivity contribution in [2.24, 2.45) is 5.92 Å². The van der Waals surface area contributed by atoms with E-state index in [0.29, 0.717) is 30.0 Å². The lowest BCUT2D eigenvalue weighted by Crippen LogP contribution is -2.40. The number of ether oxygens (including phenoxy) is 3. The number of methoxy groups -OCH3 is 2. The first-order valence-electron chi connectivity index (χ1n) is 9.93. The molecule has 0 spiro atoms. The number of nitrogens with zero attached hydrogens (tertiary/aromatic N) is 2. The van der Waals surface area contributed by atoms with Crippen molar-refractivity contribution in [1.82, 2.24) is 9.29 Å². The molecular weight excluding hydrogens is 438 g/mol. The van der Waals surface area contributed by atoms with E-state index in [1.54, 1.807) is 24.3 Å². The van der Waals surface area contributed by atoms with E-state index >= 15 is 0 Å². The van der Waals surface area contributed by atoms with E-state index in [1.165, 1.54) is 37.0 Å². The van der Waals surface area contributed by atoms with Gasteiger partial charge in [-0.1, -0.05) is 0 Å². The zero-order valence-corrected chi connectivity index (χ0v) is 18.6. The lowest BCUT2D eigenvalue weighted by atomic mass is 9.98. The number of esters is 1. The molecule has 1 aliphatic heterocycles. The molecule has 0 aliphatic carbocycles. The minimum absolute atomic E-state index is 0.117. The Morgan fingerprint density at radius 3 is 2.34 bits per heavy atom. The fourth-order valence-corrected chi connectivity index (χ4v) is 4.75. The Hall–Kier alpha value is -3.18. The largest absolute Gasteiger partial charge is 0.497 e. The molecule has 0 atom stereocenters. The van der Waals surface area contributed by atoms with Crippen LogP contribution >= 0.6 is 0 Å². The summed E-state index contributed by atoms with van der Waals surface area (Å²) in [6.45, 7) is -0.0772. The maximum Gasteiger partial charge on any atom is 0.309 e. The lowest BCUT2D eigenvalue weighted by Gasteiger charge is -2.29. The van der Waals surface area contributed by atoms with Crippen molar-refractivity contribution in [2.45, 2.75) is 17.7 Å². The van der Waals surface area contributed by atoms with Gasteiger partial charge in [0.2, 0.25) is 10.0 Å². The van der Waals surface area contributed by atoms with Gasteiger partial charge in [-0.05, 0) is 25.0 Å². The second kappa shape index (κ2) is 10.4. The van der Waals surface area contributed by atoms with Crippen molar-refractivity contribution in [1.29, 1.82) is 0 Å². The number of hydrogen-bond acceptors (Lipinski definition) is 8. The number of pyridine rings is 1. The summed E-state index contributed by atoms with van der Waals surface area (Å²) in [6.07, 6.45) is 3.43. The van der Waals surface area contributed by atoms with Crippen LogP contribution in [0.15, 0.2) is 47.6 Å². The molecule has 32 heavy (non-hydrogen) atoms. The quantitative estimate of drug-likeness (QED) is 0.587. The summed E-state index contributed by atoms with van der Waals surface area (Å²) >= 11 is 0. The van der Waals surface area contributed by atoms with Crippen molar-refractivity contribution < 1.29 is 32.2 Å². The van der Waals surface area contributed by atoms with Gasteiger partial charge >= 0.3 is 5.97 Å². The van der Waals surface area contributed by atoms with Crippen molar-refractivity contribution in [2.75, 3.05) is 39.2 Å². The van der Waals surface area contributed by atoms with E-state index < -0.39 is 34.4 Å². The second-order valence-electron chi connectivity index (χ2n) is 7.12. The average molecular weight is 464 g/mol. The number of rotatable bonds is 8. The molecule has 1 aromatic carbocycles. The van der Waals surface area contributed by atoms with E-state index in [9.17, 15) is 18.0 Å². The van der Waals surface area contributed by atoms with Crippen LogP contribution in [0.2, 0.25) is 0 Å². The number of sulfonamides is 1. The van der Waals surface area contributed by atoms with Crippen molar-refractivity contribution in [3.63, 3.8) is 0 Å². The number of aromatic nitrogens is 1. The number of anilines is 1. The van der Waals surface area contributed by atoms with Crippen molar-refractivity contribution >= 4 is 27.6 Å². The highest BCUT2D eigenvalue weighted by Crippen LogP contribution is 2.26. The topological polar surface area (TPSA) is 124 Å². The molecular formula is C21H25N3O7S. The molecule has 10 nitrogen and oxygen atoms in total. The van der Waals surface area contributed by atoms with Gasteiger partial charge in [0.05, 0.1) is 20.1 Å². The molecule has 11 heteroatoms. The van der Waals surface area contributed by atoms with Crippen LogP contribution in [-0.4, -0.2) is 63.5 Å². The molecule has 1 aromatic heterocycles. The summed E-state index contributed by atoms with van der Waals surface area (Å²) in [4.78, 5) is 28.5. The van der Waals surface area contributed by atoms with Gasteiger partial charge in [0, 0.05) is 49.4 Å². The summed E-state index contributed by atoms with van der Waals surface area (Å²) in [5.41, 5.74) is 0.441. The smallest absolute Gasteiger partial charge is 0.309 e. The number of nitrogens with one attached hydrogen (secondary N) is 1. The van der Waals surface area contributed by atoms with E-state index in [1.807, 2.05) is 0 Å². The number of carbonyl (C=O) groups is 2. The van der Waals surface area contributed by atoms with Gasteiger partial charge in [-0.15, -0.1) is 0 Å². The van der Waals surface area contributed by atoms with E-state index in [0.717, 1.165) is 0 Å². The third-order valence-electron chi connectivity index (χ3n) is 5.04. The summed E-state index contributed by atoms with van der Waals surface area (Å²) in [7, 11) is -0.658. The molecule has 2 aromatic rings. The van der Waals surface area contributed by atoms with Crippen LogP contribution in [0.5, 0.6) is 11.5 Å². The first kappa shape index (κ1) is 23.5. The van der Waals surface area contributed by atoms with Gasteiger partial charge in [0.25, 0.3) is 5.91 Å². The normalized spacial score (nSPS) is 15.1. The van der Waals surface area contributed by atoms with Crippen LogP contribution in [0.1, 0.15) is 12.8 Å². The number of hydrogen-bond donors (Lipinski definition) is 1. The number of piperidine rings is 1. The minimum Gasteiger partial charge on any atom is -0.497 e. The zero-order chi connectivity index (χ0) is 23.1. The van der Waals surface area contributed by atoms with Crippen LogP contribution in [-0.2, 0) is 24.3 Å². The maximum atomic E-state index is 12.6. The van der Waals surface area contributed by atoms with Crippen molar-refractivity contribution in [3.8, 4) is 11.5 Å². The van der Waals surface area contributed by atoms with E-state index in [4.69, 9.17) is 14.2 Å². The van der Waals surface area contributed by atoms with Crippen LogP contribution in [0.3, 0.4) is 0 Å². The molecule has 1 N–H and O–H groups in total. The molecule has 0 unspecified atom stereocenters. The molecule has 1 saturated heterocycles. The molecule has 0 bridgehead atoms. The highest BCUT2D eigenvalue weighted by Gasteiger charge is 2.33. The SMILES string of the molecule is COc1cc(NC(=O)COC(=O)C2CCN(S(=O)(=O)c3cccnc3)CC2)cc(OC)c1. The van der Waals surface area contributed by atoms with Gasteiger partial charge in [0.1, 0.15) is 16.4 Å². The van der Waals surface area contributed by atoms with Gasteiger partial charge in [-0.3, -0.25) is 14.6 Å². The standard InChI is InChI=1S/C21H25N3O7S/c1-29-17-10-16(11-18(12-17)30-2)23-20(25)14-31-21(26)15-5-8-24(9-6-15)32(27,28)19-4-3-7-22-13-19/h3-4,7,10-13,15H,5-6,8-9,14H2,1-2H3,(H,23,25). The Bertz CT molecular complexity index is 1030. The minimum atomic E-state index is -3.65. The number of amides is 1. The zero-order valence-electron chi connectivity index (χ0n) is 17.8. The highest BCUT2D eigenvalue weighted by atomic mass is 32.2. The molecule has 0 saturated carbocycles. The van der Waals surface area contributed by atoms with Crippen LogP contribution in [0.25, 0.3) is 0 Å². The Balaban J connectivity index is 1.49. The molecule has 1 fully saturated rings. The number of carbonyl (C=O) groups excluding carboxylic acids is 2. The third-order valence-corrected chi connectivity index (χ3v) is 6.92. The Kier molecular flexibility index (Phi) is 7.65. The average Bonchev–Trinajstić information content (AvgIpc) is 2.82. The maximum absolute atomic E-state index is 12.6. The fraction of sp³-hybridized carbons (Fsp3) is 0.381. The van der Waals surface area contributed by atoms with Gasteiger partial charge in [-0.2, -0.15) is 4.31 Å². The molecule has 1 aliphatic rings. The molecule has 1 amide bonds. The lowest BCUT2D eigenvalue weighted by molar-refractivity contribution is -0.152. The Labute approximate surface area is 186 Å². The summed E-state index contributed by atoms with van der Waals surface area (Å²) in [6, 6.07) is 7.93. The number of benzene rings is 1. The van der Waals surface area contributed by atoms with E-state index in [2.05, 4.69) is 10.3 Å². The van der Waals surface area contributed by atoms with Crippen LogP contribution < -0.4 is 14.8 Å². The van der Waals surface area contributed by atoms with Crippen molar-refractivity contribution in [3.05, 3.63) is 42.7 Å². The Morgan fingerprint density at radius 2 is 1.78 bits per heavy atom. The highest BCUT2D eigenvalue weighted by molar-refractivity contribution is 7.89. The summed E-state index contributed by atoms with van der Waals surface area (Å²) in [5.74, 6) is -0.499. The first-order chi connectivity index (χ1) is 15.3. The monoisotopic (exact) mass is 463 g/mol. The summed E-state index contributed by atoms with van der Waals surface area (Å²) in [5, 5.41) is 2.63. The predicted molar refractivity (Wildman–Crippen MR) is 115 cm³/mol. The van der Waals surface area contributed by atoms with E-state index in [-0.39, 0.29) is 18.0 Å². The molecule has 0 radical (unpaired) electrons. The van der Waals surface area contributed by atoms with Crippen LogP contribution in [0.4, 0.5) is 5.69 Å². The predicted octanol–water partition coefficient (Wildman–Crippen LogP) is 1.68. The van der Waals surface area contributed by atoms with Gasteiger partial charge in [0.15, 0.2) is 6.61 Å². The molecule has 3 rings (SSSR count). The van der Waals surface area contributed by atoms with Crippen LogP contribution in [0, 0.1) is 5.92 Å². The Morgan fingerprint density at radius 1 is 1.12 bits per heavy atom.